The number of ether oxygens (including phenoxy) is 1. The van der Waals surface area contributed by atoms with E-state index in [2.05, 4.69) is 48.0 Å². The first-order valence-electron chi connectivity index (χ1n) is 11.9. The fourth-order valence-corrected chi connectivity index (χ4v) is 4.44. The van der Waals surface area contributed by atoms with Crippen LogP contribution in [0.15, 0.2) is 60.7 Å². The number of rotatable bonds is 9. The first-order valence-corrected chi connectivity index (χ1v) is 11.9. The third-order valence-electron chi connectivity index (χ3n) is 6.18. The monoisotopic (exact) mass is 455 g/mol. The molecule has 0 saturated heterocycles. The van der Waals surface area contributed by atoms with Crippen LogP contribution in [-0.4, -0.2) is 28.6 Å². The van der Waals surface area contributed by atoms with Crippen LogP contribution in [0, 0.1) is 27.7 Å². The van der Waals surface area contributed by atoms with Crippen LogP contribution in [0.3, 0.4) is 0 Å². The van der Waals surface area contributed by atoms with E-state index in [4.69, 9.17) is 9.72 Å². The zero-order valence-electron chi connectivity index (χ0n) is 20.5. The van der Waals surface area contributed by atoms with Crippen LogP contribution >= 0.6 is 0 Å². The molecule has 4 aromatic rings. The van der Waals surface area contributed by atoms with Crippen molar-refractivity contribution in [3.8, 4) is 5.75 Å². The molecule has 0 spiro atoms. The molecule has 1 amide bonds. The summed E-state index contributed by atoms with van der Waals surface area (Å²) in [6, 6.07) is 20.3. The van der Waals surface area contributed by atoms with Crippen LogP contribution in [0.1, 0.15) is 44.9 Å². The molecule has 0 bridgehead atoms. The Morgan fingerprint density at radius 3 is 2.47 bits per heavy atom. The van der Waals surface area contributed by atoms with Crippen LogP contribution in [0.5, 0.6) is 5.75 Å². The fraction of sp³-hybridized carbons (Fsp3) is 0.310. The van der Waals surface area contributed by atoms with Gasteiger partial charge in [-0.25, -0.2) is 4.98 Å². The molecule has 0 unspecified atom stereocenters. The Morgan fingerprint density at radius 1 is 0.941 bits per heavy atom. The standard InChI is InChI=1S/C29H33N3O2/c1-20-13-14-24(23(4)19-20)29(33)30-16-15-27-31-25-11-5-6-12-26(25)32(27)17-8-18-34-28-21(2)9-7-10-22(28)3/h5-7,9-14,19H,8,15-18H2,1-4H3,(H,30,33). The molecular formula is C29H33N3O2. The zero-order valence-corrected chi connectivity index (χ0v) is 20.5. The lowest BCUT2D eigenvalue weighted by atomic mass is 10.1. The summed E-state index contributed by atoms with van der Waals surface area (Å²) in [6.07, 6.45) is 1.54. The number of aryl methyl sites for hydroxylation is 5. The maximum atomic E-state index is 12.7. The number of amides is 1. The van der Waals surface area contributed by atoms with Gasteiger partial charge in [-0.05, 0) is 69.0 Å². The molecule has 5 nitrogen and oxygen atoms in total. The number of benzene rings is 3. The number of nitrogens with zero attached hydrogens (tertiary/aromatic N) is 2. The van der Waals surface area contributed by atoms with E-state index in [0.717, 1.165) is 63.4 Å². The molecule has 0 aliphatic rings. The van der Waals surface area contributed by atoms with Gasteiger partial charge in [0.2, 0.25) is 0 Å². The number of carbonyl (C=O) groups is 1. The molecule has 1 aromatic heterocycles. The van der Waals surface area contributed by atoms with E-state index >= 15 is 0 Å². The minimum absolute atomic E-state index is 0.0397. The largest absolute Gasteiger partial charge is 0.493 e. The van der Waals surface area contributed by atoms with Crippen molar-refractivity contribution in [1.29, 1.82) is 0 Å². The van der Waals surface area contributed by atoms with Crippen LogP contribution in [-0.2, 0) is 13.0 Å². The van der Waals surface area contributed by atoms with Crippen molar-refractivity contribution in [2.75, 3.05) is 13.2 Å². The zero-order chi connectivity index (χ0) is 24.1. The van der Waals surface area contributed by atoms with Gasteiger partial charge in [-0.15, -0.1) is 0 Å². The Kier molecular flexibility index (Phi) is 7.31. The van der Waals surface area contributed by atoms with Gasteiger partial charge in [-0.3, -0.25) is 4.79 Å². The van der Waals surface area contributed by atoms with Gasteiger partial charge in [0, 0.05) is 25.1 Å². The first-order chi connectivity index (χ1) is 16.4. The lowest BCUT2D eigenvalue weighted by molar-refractivity contribution is 0.0953. The van der Waals surface area contributed by atoms with Gasteiger partial charge in [-0.2, -0.15) is 0 Å². The summed E-state index contributed by atoms with van der Waals surface area (Å²) < 4.78 is 8.36. The molecular weight excluding hydrogens is 422 g/mol. The van der Waals surface area contributed by atoms with Gasteiger partial charge in [0.15, 0.2) is 0 Å². The average Bonchev–Trinajstić information content (AvgIpc) is 3.15. The lowest BCUT2D eigenvalue weighted by Gasteiger charge is -2.13. The molecule has 0 fully saturated rings. The first kappa shape index (κ1) is 23.6. The second-order valence-corrected chi connectivity index (χ2v) is 8.92. The van der Waals surface area contributed by atoms with Gasteiger partial charge >= 0.3 is 0 Å². The molecule has 0 radical (unpaired) electrons. The second kappa shape index (κ2) is 10.6. The van der Waals surface area contributed by atoms with Crippen LogP contribution in [0.4, 0.5) is 0 Å². The molecule has 5 heteroatoms. The Bertz CT molecular complexity index is 1290. The summed E-state index contributed by atoms with van der Waals surface area (Å²) in [5.74, 6) is 1.92. The highest BCUT2D eigenvalue weighted by Gasteiger charge is 2.13. The highest BCUT2D eigenvalue weighted by molar-refractivity contribution is 5.95. The molecule has 0 atom stereocenters. The van der Waals surface area contributed by atoms with E-state index in [1.807, 2.05) is 50.2 Å². The summed E-state index contributed by atoms with van der Waals surface area (Å²) in [6.45, 7) is 10.2. The maximum Gasteiger partial charge on any atom is 0.251 e. The van der Waals surface area contributed by atoms with Crippen molar-refractivity contribution >= 4 is 16.9 Å². The molecule has 4 rings (SSSR count). The van der Waals surface area contributed by atoms with Gasteiger partial charge in [-0.1, -0.05) is 48.0 Å². The van der Waals surface area contributed by atoms with Crippen molar-refractivity contribution < 1.29 is 9.53 Å². The topological polar surface area (TPSA) is 56.2 Å². The number of carbonyl (C=O) groups excluding carboxylic acids is 1. The predicted octanol–water partition coefficient (Wildman–Crippen LogP) is 5.71. The quantitative estimate of drug-likeness (QED) is 0.329. The van der Waals surface area contributed by atoms with E-state index in [-0.39, 0.29) is 5.91 Å². The van der Waals surface area contributed by atoms with Crippen LogP contribution < -0.4 is 10.1 Å². The minimum atomic E-state index is -0.0397. The Morgan fingerprint density at radius 2 is 1.71 bits per heavy atom. The molecule has 1 N–H and O–H groups in total. The van der Waals surface area contributed by atoms with Crippen molar-refractivity contribution in [3.05, 3.63) is 94.3 Å². The molecule has 176 valence electrons. The second-order valence-electron chi connectivity index (χ2n) is 8.92. The van der Waals surface area contributed by atoms with Crippen molar-refractivity contribution in [1.82, 2.24) is 14.9 Å². The molecule has 0 aliphatic carbocycles. The van der Waals surface area contributed by atoms with Gasteiger partial charge < -0.3 is 14.6 Å². The number of para-hydroxylation sites is 3. The number of nitrogens with one attached hydrogen (secondary N) is 1. The Hall–Kier alpha value is -3.60. The Labute approximate surface area is 201 Å². The van der Waals surface area contributed by atoms with Crippen LogP contribution in [0.2, 0.25) is 0 Å². The molecule has 1 heterocycles. The molecule has 0 aliphatic heterocycles. The number of fused-ring (bicyclic) bond motifs is 1. The smallest absolute Gasteiger partial charge is 0.251 e. The normalized spacial score (nSPS) is 11.1. The predicted molar refractivity (Wildman–Crippen MR) is 138 cm³/mol. The van der Waals surface area contributed by atoms with E-state index in [9.17, 15) is 4.79 Å². The maximum absolute atomic E-state index is 12.7. The van der Waals surface area contributed by atoms with Crippen LogP contribution in [0.25, 0.3) is 11.0 Å². The van der Waals surface area contributed by atoms with E-state index in [0.29, 0.717) is 19.6 Å². The molecule has 0 saturated carbocycles. The number of aromatic nitrogens is 2. The van der Waals surface area contributed by atoms with Crippen molar-refractivity contribution in [3.63, 3.8) is 0 Å². The lowest BCUT2D eigenvalue weighted by Crippen LogP contribution is -2.27. The highest BCUT2D eigenvalue weighted by Crippen LogP contribution is 2.23. The third-order valence-corrected chi connectivity index (χ3v) is 6.18. The molecule has 34 heavy (non-hydrogen) atoms. The van der Waals surface area contributed by atoms with Gasteiger partial charge in [0.25, 0.3) is 5.91 Å². The number of hydrogen-bond acceptors (Lipinski definition) is 3. The summed E-state index contributed by atoms with van der Waals surface area (Å²) in [5.41, 5.74) is 7.29. The summed E-state index contributed by atoms with van der Waals surface area (Å²) in [4.78, 5) is 17.5. The van der Waals surface area contributed by atoms with Crippen molar-refractivity contribution in [2.24, 2.45) is 0 Å². The minimum Gasteiger partial charge on any atom is -0.493 e. The fourth-order valence-electron chi connectivity index (χ4n) is 4.44. The number of hydrogen-bond donors (Lipinski definition) is 1. The van der Waals surface area contributed by atoms with E-state index < -0.39 is 0 Å². The van der Waals surface area contributed by atoms with E-state index in [1.54, 1.807) is 0 Å². The summed E-state index contributed by atoms with van der Waals surface area (Å²) >= 11 is 0. The average molecular weight is 456 g/mol. The van der Waals surface area contributed by atoms with Crippen molar-refractivity contribution in [2.45, 2.75) is 47.1 Å². The summed E-state index contributed by atoms with van der Waals surface area (Å²) in [7, 11) is 0. The Balaban J connectivity index is 1.40. The van der Waals surface area contributed by atoms with E-state index in [1.165, 1.54) is 0 Å². The third kappa shape index (κ3) is 5.30. The molecule has 3 aromatic carbocycles. The summed E-state index contributed by atoms with van der Waals surface area (Å²) in [5, 5.41) is 3.06. The highest BCUT2D eigenvalue weighted by atomic mass is 16.5. The van der Waals surface area contributed by atoms with Gasteiger partial charge in [0.05, 0.1) is 17.6 Å². The van der Waals surface area contributed by atoms with Gasteiger partial charge in [0.1, 0.15) is 11.6 Å². The number of imidazole rings is 1. The SMILES string of the molecule is Cc1ccc(C(=O)NCCc2nc3ccccc3n2CCCOc2c(C)cccc2C)c(C)c1.